The predicted molar refractivity (Wildman–Crippen MR) is 82.2 cm³/mol. The molecular formula is C15H9Cl3O3. The van der Waals surface area contributed by atoms with Crippen molar-refractivity contribution in [2.24, 2.45) is 0 Å². The van der Waals surface area contributed by atoms with E-state index in [0.717, 1.165) is 0 Å². The zero-order chi connectivity index (χ0) is 15.4. The molecule has 0 aliphatic carbocycles. The van der Waals surface area contributed by atoms with Gasteiger partial charge in [0.1, 0.15) is 6.61 Å². The monoisotopic (exact) mass is 342 g/mol. The van der Waals surface area contributed by atoms with E-state index in [1.165, 1.54) is 6.07 Å². The van der Waals surface area contributed by atoms with Gasteiger partial charge in [0.05, 0.1) is 21.2 Å². The highest BCUT2D eigenvalue weighted by Gasteiger charge is 2.15. The van der Waals surface area contributed by atoms with Crippen molar-refractivity contribution in [3.05, 3.63) is 69.2 Å². The van der Waals surface area contributed by atoms with Crippen LogP contribution < -0.4 is 0 Å². The third-order valence-electron chi connectivity index (χ3n) is 2.74. The third kappa shape index (κ3) is 3.76. The van der Waals surface area contributed by atoms with E-state index in [0.29, 0.717) is 10.6 Å². The molecule has 0 aliphatic rings. The summed E-state index contributed by atoms with van der Waals surface area (Å²) in [6.45, 7) is -0.0824. The van der Waals surface area contributed by atoms with Crippen molar-refractivity contribution in [1.82, 2.24) is 0 Å². The maximum Gasteiger partial charge on any atom is 0.339 e. The summed E-state index contributed by atoms with van der Waals surface area (Å²) < 4.78 is 5.15. The Morgan fingerprint density at radius 3 is 2.29 bits per heavy atom. The summed E-state index contributed by atoms with van der Waals surface area (Å²) in [5.74, 6) is -0.570. The van der Waals surface area contributed by atoms with Crippen molar-refractivity contribution in [1.29, 1.82) is 0 Å². The van der Waals surface area contributed by atoms with Crippen molar-refractivity contribution >= 4 is 46.0 Å². The lowest BCUT2D eigenvalue weighted by Gasteiger charge is -2.09. The van der Waals surface area contributed by atoms with Gasteiger partial charge in [-0.15, -0.1) is 0 Å². The molecule has 0 heterocycles. The maximum atomic E-state index is 11.9. The summed E-state index contributed by atoms with van der Waals surface area (Å²) in [6.07, 6.45) is 0. The average Bonchev–Trinajstić information content (AvgIpc) is 2.46. The van der Waals surface area contributed by atoms with Crippen molar-refractivity contribution in [2.75, 3.05) is 0 Å². The van der Waals surface area contributed by atoms with Crippen LogP contribution in [0.5, 0.6) is 0 Å². The summed E-state index contributed by atoms with van der Waals surface area (Å²) in [4.78, 5) is 23.1. The quantitative estimate of drug-likeness (QED) is 0.595. The maximum absolute atomic E-state index is 11.9. The lowest BCUT2D eigenvalue weighted by Crippen LogP contribution is -2.07. The summed E-state index contributed by atoms with van der Waals surface area (Å²) in [6, 6.07) is 11.3. The fraction of sp³-hybridized carbons (Fsp3) is 0.0667. The molecule has 0 fully saturated rings. The summed E-state index contributed by atoms with van der Waals surface area (Å²) in [7, 11) is 0. The molecule has 0 atom stereocenters. The molecule has 0 saturated heterocycles. The second-order valence-electron chi connectivity index (χ2n) is 4.11. The number of esters is 1. The van der Waals surface area contributed by atoms with Crippen LogP contribution in [0.1, 0.15) is 26.3 Å². The van der Waals surface area contributed by atoms with E-state index in [1.807, 2.05) is 0 Å². The van der Waals surface area contributed by atoms with E-state index < -0.39 is 11.2 Å². The van der Waals surface area contributed by atoms with Gasteiger partial charge in [-0.25, -0.2) is 4.79 Å². The minimum Gasteiger partial charge on any atom is -0.457 e. The molecule has 0 amide bonds. The first kappa shape index (κ1) is 15.8. The van der Waals surface area contributed by atoms with E-state index in [-0.39, 0.29) is 22.8 Å². The molecule has 0 radical (unpaired) electrons. The highest BCUT2D eigenvalue weighted by molar-refractivity contribution is 6.68. The number of benzene rings is 2. The zero-order valence-corrected chi connectivity index (χ0v) is 12.9. The van der Waals surface area contributed by atoms with Crippen LogP contribution in [0.3, 0.4) is 0 Å². The number of carbonyl (C=O) groups is 2. The highest BCUT2D eigenvalue weighted by atomic mass is 35.5. The molecular weight excluding hydrogens is 335 g/mol. The van der Waals surface area contributed by atoms with Gasteiger partial charge in [0.25, 0.3) is 5.24 Å². The summed E-state index contributed by atoms with van der Waals surface area (Å²) in [5, 5.41) is -0.193. The minimum absolute atomic E-state index is 0.0824. The first-order valence-corrected chi connectivity index (χ1v) is 7.03. The molecule has 0 saturated carbocycles. The Labute approximate surface area is 136 Å². The third-order valence-corrected chi connectivity index (χ3v) is 3.72. The van der Waals surface area contributed by atoms with E-state index >= 15 is 0 Å². The number of hydrogen-bond donors (Lipinski definition) is 0. The number of carbonyl (C=O) groups excluding carboxylic acids is 2. The van der Waals surface area contributed by atoms with Crippen molar-refractivity contribution in [3.8, 4) is 0 Å². The molecule has 0 aliphatic heterocycles. The van der Waals surface area contributed by atoms with Crippen molar-refractivity contribution in [3.63, 3.8) is 0 Å². The van der Waals surface area contributed by atoms with E-state index in [9.17, 15) is 9.59 Å². The van der Waals surface area contributed by atoms with Gasteiger partial charge in [0.2, 0.25) is 0 Å². The molecule has 108 valence electrons. The topological polar surface area (TPSA) is 43.4 Å². The van der Waals surface area contributed by atoms with Crippen LogP contribution in [-0.4, -0.2) is 11.2 Å². The van der Waals surface area contributed by atoms with Gasteiger partial charge in [-0.05, 0) is 29.8 Å². The summed E-state index contributed by atoms with van der Waals surface area (Å²) in [5.41, 5.74) is 0.924. The predicted octanol–water partition coefficient (Wildman–Crippen LogP) is 4.73. The molecule has 0 spiro atoms. The van der Waals surface area contributed by atoms with Gasteiger partial charge in [-0.3, -0.25) is 4.79 Å². The van der Waals surface area contributed by atoms with Crippen LogP contribution in [0.2, 0.25) is 10.0 Å². The molecule has 0 aromatic heterocycles. The number of halogens is 3. The van der Waals surface area contributed by atoms with Gasteiger partial charge in [-0.1, -0.05) is 47.5 Å². The van der Waals surface area contributed by atoms with Crippen LogP contribution >= 0.6 is 34.8 Å². The lowest BCUT2D eigenvalue weighted by atomic mass is 10.1. The fourth-order valence-electron chi connectivity index (χ4n) is 1.69. The Hall–Kier alpha value is -1.55. The smallest absolute Gasteiger partial charge is 0.339 e. The second-order valence-corrected chi connectivity index (χ2v) is 5.24. The van der Waals surface area contributed by atoms with Crippen molar-refractivity contribution in [2.45, 2.75) is 6.61 Å². The molecule has 0 unspecified atom stereocenters. The van der Waals surface area contributed by atoms with Crippen LogP contribution in [-0.2, 0) is 11.3 Å². The lowest BCUT2D eigenvalue weighted by molar-refractivity contribution is 0.0473. The number of hydrogen-bond acceptors (Lipinski definition) is 3. The van der Waals surface area contributed by atoms with Crippen LogP contribution in [0.25, 0.3) is 0 Å². The molecule has 2 aromatic rings. The van der Waals surface area contributed by atoms with Gasteiger partial charge >= 0.3 is 5.97 Å². The zero-order valence-electron chi connectivity index (χ0n) is 10.6. The highest BCUT2D eigenvalue weighted by Crippen LogP contribution is 2.24. The van der Waals surface area contributed by atoms with E-state index in [1.54, 1.807) is 36.4 Å². The van der Waals surface area contributed by atoms with Gasteiger partial charge < -0.3 is 4.74 Å². The Kier molecular flexibility index (Phi) is 5.23. The number of rotatable bonds is 4. The molecule has 21 heavy (non-hydrogen) atoms. The van der Waals surface area contributed by atoms with E-state index in [4.69, 9.17) is 39.5 Å². The van der Waals surface area contributed by atoms with Crippen LogP contribution in [0.15, 0.2) is 42.5 Å². The largest absolute Gasteiger partial charge is 0.457 e. The Morgan fingerprint density at radius 1 is 0.952 bits per heavy atom. The molecule has 6 heteroatoms. The Morgan fingerprint density at radius 2 is 1.62 bits per heavy atom. The second kappa shape index (κ2) is 6.94. The van der Waals surface area contributed by atoms with Crippen molar-refractivity contribution < 1.29 is 14.3 Å². The SMILES string of the molecule is O=C(OCc1cccc(C(=O)Cl)c1Cl)c1ccccc1Cl. The van der Waals surface area contributed by atoms with Crippen LogP contribution in [0.4, 0.5) is 0 Å². The molecule has 0 bridgehead atoms. The van der Waals surface area contributed by atoms with Gasteiger partial charge in [0, 0.05) is 5.56 Å². The minimum atomic E-state index is -0.667. The molecule has 2 aromatic carbocycles. The first-order valence-electron chi connectivity index (χ1n) is 5.89. The standard InChI is InChI=1S/C15H9Cl3O3/c16-12-7-2-1-5-10(12)15(20)21-8-9-4-3-6-11(13(9)17)14(18)19/h1-7H,8H2. The Bertz CT molecular complexity index is 698. The summed E-state index contributed by atoms with van der Waals surface area (Å²) >= 11 is 17.4. The fourth-order valence-corrected chi connectivity index (χ4v) is 2.38. The van der Waals surface area contributed by atoms with Crippen LogP contribution in [0, 0.1) is 0 Å². The molecule has 3 nitrogen and oxygen atoms in total. The van der Waals surface area contributed by atoms with Gasteiger partial charge in [-0.2, -0.15) is 0 Å². The van der Waals surface area contributed by atoms with Gasteiger partial charge in [0.15, 0.2) is 0 Å². The average molecular weight is 344 g/mol. The normalized spacial score (nSPS) is 10.2. The van der Waals surface area contributed by atoms with E-state index in [2.05, 4.69) is 0 Å². The first-order chi connectivity index (χ1) is 10.0. The Balaban J connectivity index is 2.14. The molecule has 0 N–H and O–H groups in total. The molecule has 2 rings (SSSR count). The number of ether oxygens (including phenoxy) is 1.